The van der Waals surface area contributed by atoms with Crippen molar-refractivity contribution in [1.29, 1.82) is 0 Å². The number of benzene rings is 2. The van der Waals surface area contributed by atoms with Gasteiger partial charge in [-0.05, 0) is 34.1 Å². The fraction of sp³-hybridized carbons (Fsp3) is 0.0769. The summed E-state index contributed by atoms with van der Waals surface area (Å²) in [5.41, 5.74) is 0.710. The van der Waals surface area contributed by atoms with Crippen LogP contribution in [0.5, 0.6) is 5.75 Å². The molecule has 0 saturated carbocycles. The summed E-state index contributed by atoms with van der Waals surface area (Å²) in [5, 5.41) is 0. The second-order valence-electron chi connectivity index (χ2n) is 3.42. The molecule has 0 aromatic heterocycles. The Bertz CT molecular complexity index is 555. The van der Waals surface area contributed by atoms with E-state index in [0.717, 1.165) is 0 Å². The molecule has 0 aliphatic carbocycles. The van der Waals surface area contributed by atoms with E-state index in [2.05, 4.69) is 15.9 Å². The molecule has 0 amide bonds. The van der Waals surface area contributed by atoms with Crippen molar-refractivity contribution in [1.82, 2.24) is 0 Å². The summed E-state index contributed by atoms with van der Waals surface area (Å²) in [4.78, 5) is 0. The molecule has 0 N–H and O–H groups in total. The molecule has 0 heterocycles. The highest BCUT2D eigenvalue weighted by molar-refractivity contribution is 9.10. The summed E-state index contributed by atoms with van der Waals surface area (Å²) >= 11 is 2.94. The van der Waals surface area contributed by atoms with Crippen molar-refractivity contribution < 1.29 is 13.5 Å². The first-order valence-electron chi connectivity index (χ1n) is 4.92. The highest BCUT2D eigenvalue weighted by Gasteiger charge is 2.15. The van der Waals surface area contributed by atoms with Crippen molar-refractivity contribution in [2.45, 2.75) is 0 Å². The van der Waals surface area contributed by atoms with Crippen molar-refractivity contribution in [2.75, 3.05) is 7.11 Å². The maximum Gasteiger partial charge on any atom is 0.173 e. The largest absolute Gasteiger partial charge is 0.496 e. The van der Waals surface area contributed by atoms with Crippen LogP contribution in [0.1, 0.15) is 0 Å². The molecule has 2 aromatic carbocycles. The average molecular weight is 299 g/mol. The van der Waals surface area contributed by atoms with Crippen LogP contribution in [0.4, 0.5) is 8.78 Å². The molecule has 4 heteroatoms. The van der Waals surface area contributed by atoms with Crippen LogP contribution >= 0.6 is 15.9 Å². The first-order chi connectivity index (χ1) is 8.15. The number of halogens is 3. The van der Waals surface area contributed by atoms with Gasteiger partial charge < -0.3 is 4.74 Å². The van der Waals surface area contributed by atoms with Gasteiger partial charge in [-0.25, -0.2) is 8.78 Å². The van der Waals surface area contributed by atoms with Crippen molar-refractivity contribution in [3.05, 3.63) is 52.5 Å². The lowest BCUT2D eigenvalue weighted by Crippen LogP contribution is -1.93. The number of methoxy groups -OCH3 is 1. The molecule has 0 bridgehead atoms. The van der Waals surface area contributed by atoms with E-state index < -0.39 is 11.6 Å². The second-order valence-corrected chi connectivity index (χ2v) is 4.28. The van der Waals surface area contributed by atoms with E-state index in [1.54, 1.807) is 24.3 Å². The number of hydrogen-bond acceptors (Lipinski definition) is 1. The molecule has 88 valence electrons. The fourth-order valence-corrected chi connectivity index (χ4v) is 1.91. The van der Waals surface area contributed by atoms with Crippen LogP contribution in [-0.4, -0.2) is 7.11 Å². The zero-order valence-corrected chi connectivity index (χ0v) is 10.6. The lowest BCUT2D eigenvalue weighted by atomic mass is 10.0. The second kappa shape index (κ2) is 4.84. The Labute approximate surface area is 106 Å². The average Bonchev–Trinajstić information content (AvgIpc) is 2.36. The topological polar surface area (TPSA) is 9.23 Å². The summed E-state index contributed by atoms with van der Waals surface area (Å²) in [5.74, 6) is -1.27. The molecule has 0 aliphatic heterocycles. The van der Waals surface area contributed by atoms with Gasteiger partial charge in [0.1, 0.15) is 5.75 Å². The first kappa shape index (κ1) is 12.0. The standard InChI is InChI=1S/C13H9BrF2O/c1-17-11-5-3-2-4-8(11)9-6-7-10(14)13(16)12(9)15/h2-7H,1H3. The Kier molecular flexibility index (Phi) is 3.43. The minimum Gasteiger partial charge on any atom is -0.496 e. The summed E-state index contributed by atoms with van der Waals surface area (Å²) in [6.45, 7) is 0. The molecule has 2 rings (SSSR count). The van der Waals surface area contributed by atoms with E-state index in [-0.39, 0.29) is 10.0 Å². The van der Waals surface area contributed by atoms with Gasteiger partial charge in [0.15, 0.2) is 11.6 Å². The number of rotatable bonds is 2. The quantitative estimate of drug-likeness (QED) is 0.747. The number of para-hydroxylation sites is 1. The van der Waals surface area contributed by atoms with Gasteiger partial charge in [-0.2, -0.15) is 0 Å². The van der Waals surface area contributed by atoms with Gasteiger partial charge in [0, 0.05) is 11.1 Å². The molecule has 17 heavy (non-hydrogen) atoms. The number of ether oxygens (including phenoxy) is 1. The summed E-state index contributed by atoms with van der Waals surface area (Å²) < 4.78 is 32.5. The molecule has 0 unspecified atom stereocenters. The monoisotopic (exact) mass is 298 g/mol. The van der Waals surface area contributed by atoms with Crippen LogP contribution in [0.25, 0.3) is 11.1 Å². The van der Waals surface area contributed by atoms with Crippen LogP contribution in [0, 0.1) is 11.6 Å². The van der Waals surface area contributed by atoms with Gasteiger partial charge in [0.25, 0.3) is 0 Å². The third-order valence-electron chi connectivity index (χ3n) is 2.43. The zero-order chi connectivity index (χ0) is 12.4. The predicted molar refractivity (Wildman–Crippen MR) is 66.0 cm³/mol. The minimum atomic E-state index is -0.895. The van der Waals surface area contributed by atoms with E-state index in [1.165, 1.54) is 19.2 Å². The smallest absolute Gasteiger partial charge is 0.173 e. The summed E-state index contributed by atoms with van der Waals surface area (Å²) in [6.07, 6.45) is 0. The van der Waals surface area contributed by atoms with Gasteiger partial charge in [-0.15, -0.1) is 0 Å². The highest BCUT2D eigenvalue weighted by atomic mass is 79.9. The van der Waals surface area contributed by atoms with Gasteiger partial charge >= 0.3 is 0 Å². The molecule has 2 aromatic rings. The molecule has 0 spiro atoms. The molecular weight excluding hydrogens is 290 g/mol. The highest BCUT2D eigenvalue weighted by Crippen LogP contribution is 2.34. The minimum absolute atomic E-state index is 0.105. The van der Waals surface area contributed by atoms with E-state index in [1.807, 2.05) is 0 Å². The number of hydrogen-bond donors (Lipinski definition) is 0. The van der Waals surface area contributed by atoms with Gasteiger partial charge in [-0.1, -0.05) is 18.2 Å². The SMILES string of the molecule is COc1ccccc1-c1ccc(Br)c(F)c1F. The van der Waals surface area contributed by atoms with Crippen LogP contribution < -0.4 is 4.74 Å². The Morgan fingerprint density at radius 2 is 1.65 bits per heavy atom. The molecule has 0 atom stereocenters. The molecule has 0 fully saturated rings. The molecule has 1 nitrogen and oxygen atoms in total. The van der Waals surface area contributed by atoms with Crippen molar-refractivity contribution in [2.24, 2.45) is 0 Å². The molecular formula is C13H9BrF2O. The van der Waals surface area contributed by atoms with Gasteiger partial charge in [-0.3, -0.25) is 0 Å². The normalized spacial score (nSPS) is 10.4. The Morgan fingerprint density at radius 3 is 2.35 bits per heavy atom. The van der Waals surface area contributed by atoms with Crippen LogP contribution in [0.2, 0.25) is 0 Å². The van der Waals surface area contributed by atoms with Crippen molar-refractivity contribution in [3.8, 4) is 16.9 Å². The van der Waals surface area contributed by atoms with Gasteiger partial charge in [0.05, 0.1) is 11.6 Å². The van der Waals surface area contributed by atoms with E-state index >= 15 is 0 Å². The lowest BCUT2D eigenvalue weighted by Gasteiger charge is -2.10. The maximum atomic E-state index is 13.8. The third kappa shape index (κ3) is 2.17. The Balaban J connectivity index is 2.65. The zero-order valence-electron chi connectivity index (χ0n) is 9.01. The van der Waals surface area contributed by atoms with Crippen molar-refractivity contribution >= 4 is 15.9 Å². The van der Waals surface area contributed by atoms with Crippen LogP contribution in [0.15, 0.2) is 40.9 Å². The third-order valence-corrected chi connectivity index (χ3v) is 3.04. The van der Waals surface area contributed by atoms with Crippen LogP contribution in [0.3, 0.4) is 0 Å². The van der Waals surface area contributed by atoms with Gasteiger partial charge in [0.2, 0.25) is 0 Å². The van der Waals surface area contributed by atoms with Crippen molar-refractivity contribution in [3.63, 3.8) is 0 Å². The Hall–Kier alpha value is -1.42. The predicted octanol–water partition coefficient (Wildman–Crippen LogP) is 4.40. The molecule has 0 radical (unpaired) electrons. The Morgan fingerprint density at radius 1 is 0.941 bits per heavy atom. The van der Waals surface area contributed by atoms with E-state index in [9.17, 15) is 8.78 Å². The fourth-order valence-electron chi connectivity index (χ4n) is 1.60. The molecule has 0 saturated heterocycles. The maximum absolute atomic E-state index is 13.8. The summed E-state index contributed by atoms with van der Waals surface area (Å²) in [6, 6.07) is 9.90. The first-order valence-corrected chi connectivity index (χ1v) is 5.71. The van der Waals surface area contributed by atoms with Crippen LogP contribution in [-0.2, 0) is 0 Å². The summed E-state index contributed by atoms with van der Waals surface area (Å²) in [7, 11) is 1.49. The van der Waals surface area contributed by atoms with E-state index in [0.29, 0.717) is 11.3 Å². The lowest BCUT2D eigenvalue weighted by molar-refractivity contribution is 0.416. The van der Waals surface area contributed by atoms with E-state index in [4.69, 9.17) is 4.74 Å². The molecule has 0 aliphatic rings.